The van der Waals surface area contributed by atoms with Gasteiger partial charge in [-0.25, -0.2) is 0 Å². The zero-order valence-electron chi connectivity index (χ0n) is 18.7. The van der Waals surface area contributed by atoms with Crippen LogP contribution in [-0.4, -0.2) is 46.7 Å². The van der Waals surface area contributed by atoms with E-state index in [9.17, 15) is 9.59 Å². The van der Waals surface area contributed by atoms with Crippen molar-refractivity contribution < 1.29 is 42.7 Å². The maximum atomic E-state index is 13.0. The molecule has 2 unspecified atom stereocenters. The molecule has 4 atom stereocenters. The van der Waals surface area contributed by atoms with Crippen LogP contribution >= 0.6 is 0 Å². The van der Waals surface area contributed by atoms with Gasteiger partial charge in [0.2, 0.25) is 12.5 Å². The van der Waals surface area contributed by atoms with Crippen LogP contribution in [0.15, 0.2) is 24.3 Å². The lowest BCUT2D eigenvalue weighted by molar-refractivity contribution is -0.152. The van der Waals surface area contributed by atoms with Crippen LogP contribution in [-0.2, 0) is 19.1 Å². The minimum absolute atomic E-state index is 0.0974. The summed E-state index contributed by atoms with van der Waals surface area (Å²) in [6, 6.07) is 7.34. The lowest BCUT2D eigenvalue weighted by atomic mass is 9.66. The molecule has 0 radical (unpaired) electrons. The Morgan fingerprint density at radius 3 is 2.12 bits per heavy atom. The second kappa shape index (κ2) is 8.06. The Bertz CT molecular complexity index is 1100. The van der Waals surface area contributed by atoms with Crippen molar-refractivity contribution in [3.8, 4) is 28.7 Å². The quantitative estimate of drug-likeness (QED) is 0.629. The molecule has 174 valence electrons. The van der Waals surface area contributed by atoms with Crippen LogP contribution < -0.4 is 23.7 Å². The van der Waals surface area contributed by atoms with Gasteiger partial charge in [0.1, 0.15) is 6.10 Å². The topological polar surface area (TPSA) is 98.8 Å². The van der Waals surface area contributed by atoms with Crippen molar-refractivity contribution in [1.82, 2.24) is 0 Å². The van der Waals surface area contributed by atoms with Crippen molar-refractivity contribution in [3.63, 3.8) is 0 Å². The van der Waals surface area contributed by atoms with Crippen LogP contribution in [0.4, 0.5) is 0 Å². The van der Waals surface area contributed by atoms with Crippen LogP contribution in [0.25, 0.3) is 0 Å². The van der Waals surface area contributed by atoms with Gasteiger partial charge in [-0.15, -0.1) is 0 Å². The van der Waals surface area contributed by atoms with E-state index in [0.29, 0.717) is 28.7 Å². The van der Waals surface area contributed by atoms with Crippen molar-refractivity contribution in [2.45, 2.75) is 18.9 Å². The van der Waals surface area contributed by atoms with Gasteiger partial charge >= 0.3 is 11.9 Å². The van der Waals surface area contributed by atoms with E-state index in [-0.39, 0.29) is 25.3 Å². The van der Waals surface area contributed by atoms with Crippen LogP contribution in [0.3, 0.4) is 0 Å². The molecule has 2 aromatic carbocycles. The molecule has 5 rings (SSSR count). The maximum Gasteiger partial charge on any atom is 0.310 e. The SMILES string of the molecule is COc1cc([C@@H]2c3cc4c(cc3[C@H](OC(C)=O)C3COC(=O)C32)OCO4)cc(OC)c1OC. The molecule has 0 aromatic heterocycles. The number of hydrogen-bond donors (Lipinski definition) is 0. The number of carbonyl (C=O) groups excluding carboxylic acids is 2. The Balaban J connectivity index is 1.75. The van der Waals surface area contributed by atoms with Crippen molar-refractivity contribution in [3.05, 3.63) is 41.0 Å². The zero-order chi connectivity index (χ0) is 23.3. The fourth-order valence-corrected chi connectivity index (χ4v) is 5.12. The van der Waals surface area contributed by atoms with E-state index in [2.05, 4.69) is 0 Å². The number of fused-ring (bicyclic) bond motifs is 3. The molecule has 0 saturated carbocycles. The summed E-state index contributed by atoms with van der Waals surface area (Å²) >= 11 is 0. The van der Waals surface area contributed by atoms with Gasteiger partial charge in [0.05, 0.1) is 33.9 Å². The van der Waals surface area contributed by atoms with E-state index in [1.807, 2.05) is 24.3 Å². The molecule has 9 nitrogen and oxygen atoms in total. The lowest BCUT2D eigenvalue weighted by Gasteiger charge is -2.38. The summed E-state index contributed by atoms with van der Waals surface area (Å²) in [6.45, 7) is 1.60. The first-order valence-electron chi connectivity index (χ1n) is 10.5. The lowest BCUT2D eigenvalue weighted by Crippen LogP contribution is -2.36. The highest BCUT2D eigenvalue weighted by molar-refractivity contribution is 5.79. The van der Waals surface area contributed by atoms with Gasteiger partial charge in [-0.3, -0.25) is 9.59 Å². The highest BCUT2D eigenvalue weighted by atomic mass is 16.7. The van der Waals surface area contributed by atoms with Gasteiger partial charge in [-0.1, -0.05) is 0 Å². The second-order valence-electron chi connectivity index (χ2n) is 8.12. The molecule has 3 aliphatic rings. The Kier molecular flexibility index (Phi) is 5.19. The monoisotopic (exact) mass is 456 g/mol. The third-order valence-electron chi connectivity index (χ3n) is 6.46. The van der Waals surface area contributed by atoms with Crippen LogP contribution in [0, 0.1) is 11.8 Å². The second-order valence-corrected chi connectivity index (χ2v) is 8.12. The smallest absolute Gasteiger partial charge is 0.310 e. The average Bonchev–Trinajstić information content (AvgIpc) is 3.43. The first-order valence-corrected chi connectivity index (χ1v) is 10.5. The normalized spacial score (nSPS) is 24.4. The molecule has 2 aromatic rings. The molecule has 2 heterocycles. The standard InChI is InChI=1S/C24H24O9/c1-11(25)33-22-14-8-17-16(31-10-32-17)7-13(14)20(21-15(22)9-30-24(21)26)12-5-18(27-2)23(29-4)19(6-12)28-3/h5-8,15,20-22H,9-10H2,1-4H3/t15?,20-,21?,22+/m1/s1. The first-order chi connectivity index (χ1) is 16.0. The van der Waals surface area contributed by atoms with E-state index in [1.165, 1.54) is 28.3 Å². The Labute approximate surface area is 190 Å². The molecule has 9 heteroatoms. The average molecular weight is 456 g/mol. The molecule has 0 bridgehead atoms. The largest absolute Gasteiger partial charge is 0.493 e. The van der Waals surface area contributed by atoms with E-state index < -0.39 is 23.9 Å². The van der Waals surface area contributed by atoms with Crippen molar-refractivity contribution >= 4 is 11.9 Å². The van der Waals surface area contributed by atoms with Crippen molar-refractivity contribution in [2.75, 3.05) is 34.7 Å². The van der Waals surface area contributed by atoms with Crippen molar-refractivity contribution in [2.24, 2.45) is 11.8 Å². The molecule has 1 saturated heterocycles. The minimum atomic E-state index is -0.651. The van der Waals surface area contributed by atoms with Gasteiger partial charge in [-0.2, -0.15) is 0 Å². The third-order valence-corrected chi connectivity index (χ3v) is 6.46. The number of benzene rings is 2. The van der Waals surface area contributed by atoms with E-state index in [0.717, 1.165) is 16.7 Å². The predicted molar refractivity (Wildman–Crippen MR) is 113 cm³/mol. The number of hydrogen-bond acceptors (Lipinski definition) is 9. The molecule has 0 amide bonds. The fourth-order valence-electron chi connectivity index (χ4n) is 5.12. The van der Waals surface area contributed by atoms with Crippen molar-refractivity contribution in [1.29, 1.82) is 0 Å². The third kappa shape index (κ3) is 3.30. The number of esters is 2. The zero-order valence-corrected chi connectivity index (χ0v) is 18.7. The van der Waals surface area contributed by atoms with E-state index in [4.69, 9.17) is 33.2 Å². The first kappa shape index (κ1) is 21.2. The van der Waals surface area contributed by atoms with E-state index >= 15 is 0 Å². The van der Waals surface area contributed by atoms with Crippen LogP contribution in [0.5, 0.6) is 28.7 Å². The fraction of sp³-hybridized carbons (Fsp3) is 0.417. The van der Waals surface area contributed by atoms with Crippen LogP contribution in [0.1, 0.15) is 35.6 Å². The van der Waals surface area contributed by atoms with Gasteiger partial charge in [0.15, 0.2) is 23.0 Å². The minimum Gasteiger partial charge on any atom is -0.493 e. The molecule has 0 N–H and O–H groups in total. The molecular weight excluding hydrogens is 432 g/mol. The number of carbonyl (C=O) groups is 2. The highest BCUT2D eigenvalue weighted by Crippen LogP contribution is 2.56. The number of ether oxygens (including phenoxy) is 7. The summed E-state index contributed by atoms with van der Waals surface area (Å²) < 4.78 is 38.9. The molecule has 2 aliphatic heterocycles. The number of methoxy groups -OCH3 is 3. The van der Waals surface area contributed by atoms with Crippen LogP contribution in [0.2, 0.25) is 0 Å². The molecule has 1 aliphatic carbocycles. The summed E-state index contributed by atoms with van der Waals surface area (Å²) in [5.41, 5.74) is 2.33. The van der Waals surface area contributed by atoms with Gasteiger partial charge < -0.3 is 33.2 Å². The molecule has 0 spiro atoms. The summed E-state index contributed by atoms with van der Waals surface area (Å²) in [5.74, 6) is 0.383. The maximum absolute atomic E-state index is 13.0. The summed E-state index contributed by atoms with van der Waals surface area (Å²) in [7, 11) is 4.61. The molecule has 1 fully saturated rings. The van der Waals surface area contributed by atoms with Gasteiger partial charge in [-0.05, 0) is 35.4 Å². The van der Waals surface area contributed by atoms with Gasteiger partial charge in [0, 0.05) is 24.3 Å². The highest BCUT2D eigenvalue weighted by Gasteiger charge is 2.54. The van der Waals surface area contributed by atoms with E-state index in [1.54, 1.807) is 0 Å². The number of cyclic esters (lactones) is 1. The summed E-state index contributed by atoms with van der Waals surface area (Å²) in [5, 5.41) is 0. The van der Waals surface area contributed by atoms with Gasteiger partial charge in [0.25, 0.3) is 0 Å². The predicted octanol–water partition coefficient (Wildman–Crippen LogP) is 2.98. The molecule has 33 heavy (non-hydrogen) atoms. The Morgan fingerprint density at radius 1 is 0.909 bits per heavy atom. The Hall–Kier alpha value is -3.62. The number of rotatable bonds is 5. The summed E-state index contributed by atoms with van der Waals surface area (Å²) in [4.78, 5) is 25.0. The summed E-state index contributed by atoms with van der Waals surface area (Å²) in [6.07, 6.45) is -0.651. The molecular formula is C24H24O9. The Morgan fingerprint density at radius 2 is 1.55 bits per heavy atom.